The van der Waals surface area contributed by atoms with Gasteiger partial charge in [-0.1, -0.05) is 22.0 Å². The average Bonchev–Trinajstić information content (AvgIpc) is 3.00. The lowest BCUT2D eigenvalue weighted by Crippen LogP contribution is -2.28. The van der Waals surface area contributed by atoms with E-state index in [-0.39, 0.29) is 11.9 Å². The van der Waals surface area contributed by atoms with Crippen LogP contribution in [0.3, 0.4) is 0 Å². The van der Waals surface area contributed by atoms with Gasteiger partial charge in [-0.25, -0.2) is 4.39 Å². The highest BCUT2D eigenvalue weighted by molar-refractivity contribution is 9.10. The van der Waals surface area contributed by atoms with Crippen molar-refractivity contribution in [2.45, 2.75) is 23.6 Å². The van der Waals surface area contributed by atoms with E-state index >= 15 is 0 Å². The number of rotatable bonds is 5. The minimum Gasteiger partial charge on any atom is -0.496 e. The van der Waals surface area contributed by atoms with Crippen molar-refractivity contribution in [3.63, 3.8) is 0 Å². The van der Waals surface area contributed by atoms with Crippen LogP contribution in [0.25, 0.3) is 0 Å². The van der Waals surface area contributed by atoms with E-state index in [1.165, 1.54) is 17.8 Å². The molecule has 1 atom stereocenters. The Balaban J connectivity index is 1.87. The number of halogens is 2. The number of aliphatic imine (C=N–C) groups is 1. The second-order valence-corrected chi connectivity index (χ2v) is 7.50. The normalized spacial score (nSPS) is 16.7. The fraction of sp³-hybridized carbons (Fsp3) is 0.278. The highest BCUT2D eigenvalue weighted by Gasteiger charge is 2.20. The number of ether oxygens (including phenoxy) is 1. The molecule has 0 fully saturated rings. The second kappa shape index (κ2) is 7.57. The minimum atomic E-state index is -0.226. The third-order valence-electron chi connectivity index (χ3n) is 3.74. The Hall–Kier alpha value is -1.53. The van der Waals surface area contributed by atoms with Gasteiger partial charge in [-0.2, -0.15) is 0 Å². The molecule has 0 spiro atoms. The summed E-state index contributed by atoms with van der Waals surface area (Å²) in [6.45, 7) is 2.78. The SMILES string of the molecule is COc1ccc(Br)cc1CSc1c(F)cccc1C1=NCC(C)N1. The predicted octanol–water partition coefficient (Wildman–Crippen LogP) is 4.63. The van der Waals surface area contributed by atoms with Gasteiger partial charge in [-0.05, 0) is 37.3 Å². The van der Waals surface area contributed by atoms with Crippen LogP contribution in [0.15, 0.2) is 50.8 Å². The van der Waals surface area contributed by atoms with Gasteiger partial charge in [0, 0.05) is 27.4 Å². The first-order chi connectivity index (χ1) is 11.6. The lowest BCUT2D eigenvalue weighted by molar-refractivity contribution is 0.411. The van der Waals surface area contributed by atoms with E-state index in [9.17, 15) is 4.39 Å². The molecule has 0 saturated heterocycles. The van der Waals surface area contributed by atoms with E-state index in [4.69, 9.17) is 4.74 Å². The number of hydrogen-bond donors (Lipinski definition) is 1. The molecular weight excluding hydrogens is 391 g/mol. The second-order valence-electron chi connectivity index (χ2n) is 5.60. The monoisotopic (exact) mass is 408 g/mol. The van der Waals surface area contributed by atoms with Crippen molar-refractivity contribution in [3.8, 4) is 5.75 Å². The number of thioether (sulfide) groups is 1. The van der Waals surface area contributed by atoms with E-state index in [2.05, 4.69) is 33.2 Å². The molecule has 0 saturated carbocycles. The highest BCUT2D eigenvalue weighted by atomic mass is 79.9. The summed E-state index contributed by atoms with van der Waals surface area (Å²) >= 11 is 4.93. The number of hydrogen-bond acceptors (Lipinski definition) is 4. The van der Waals surface area contributed by atoms with Crippen molar-refractivity contribution in [1.82, 2.24) is 5.32 Å². The molecule has 0 aliphatic carbocycles. The molecule has 1 aliphatic rings. The van der Waals surface area contributed by atoms with E-state index in [0.29, 0.717) is 10.6 Å². The van der Waals surface area contributed by atoms with Gasteiger partial charge in [-0.3, -0.25) is 4.99 Å². The predicted molar refractivity (Wildman–Crippen MR) is 101 cm³/mol. The molecule has 1 N–H and O–H groups in total. The van der Waals surface area contributed by atoms with Crippen molar-refractivity contribution in [1.29, 1.82) is 0 Å². The van der Waals surface area contributed by atoms with Gasteiger partial charge in [0.15, 0.2) is 0 Å². The van der Waals surface area contributed by atoms with E-state index in [1.54, 1.807) is 13.2 Å². The van der Waals surface area contributed by atoms with Gasteiger partial charge in [0.2, 0.25) is 0 Å². The maximum atomic E-state index is 14.4. The number of amidine groups is 1. The molecule has 2 aromatic rings. The van der Waals surface area contributed by atoms with Gasteiger partial charge in [0.1, 0.15) is 17.4 Å². The van der Waals surface area contributed by atoms with Crippen LogP contribution in [0.2, 0.25) is 0 Å². The Kier molecular flexibility index (Phi) is 5.46. The van der Waals surface area contributed by atoms with E-state index in [1.807, 2.05) is 24.3 Å². The largest absolute Gasteiger partial charge is 0.496 e. The third kappa shape index (κ3) is 3.75. The van der Waals surface area contributed by atoms with Crippen LogP contribution in [0.5, 0.6) is 5.75 Å². The fourth-order valence-corrected chi connectivity index (χ4v) is 4.03. The molecule has 6 heteroatoms. The molecule has 24 heavy (non-hydrogen) atoms. The molecule has 126 valence electrons. The van der Waals surface area contributed by atoms with E-state index < -0.39 is 0 Å². The summed E-state index contributed by atoms with van der Waals surface area (Å²) in [6, 6.07) is 11.2. The summed E-state index contributed by atoms with van der Waals surface area (Å²) in [5.41, 5.74) is 1.83. The standard InChI is InChI=1S/C18H18BrFN2OS/c1-11-9-21-18(22-11)14-4-3-5-15(20)17(14)24-10-12-8-13(19)6-7-16(12)23-2/h3-8,11H,9-10H2,1-2H3,(H,21,22). The Bertz CT molecular complexity index is 782. The molecule has 1 unspecified atom stereocenters. The molecule has 1 heterocycles. The number of nitrogens with zero attached hydrogens (tertiary/aromatic N) is 1. The van der Waals surface area contributed by atoms with Crippen LogP contribution in [0, 0.1) is 5.82 Å². The highest BCUT2D eigenvalue weighted by Crippen LogP contribution is 2.33. The van der Waals surface area contributed by atoms with Crippen molar-refractivity contribution >= 4 is 33.5 Å². The number of benzene rings is 2. The Labute approximate surface area is 153 Å². The third-order valence-corrected chi connectivity index (χ3v) is 5.40. The molecule has 3 rings (SSSR count). The van der Waals surface area contributed by atoms with Crippen molar-refractivity contribution in [3.05, 3.63) is 57.8 Å². The van der Waals surface area contributed by atoms with Crippen LogP contribution in [-0.4, -0.2) is 25.5 Å². The summed E-state index contributed by atoms with van der Waals surface area (Å²) in [7, 11) is 1.64. The zero-order valence-electron chi connectivity index (χ0n) is 13.5. The van der Waals surface area contributed by atoms with Crippen molar-refractivity contribution in [2.75, 3.05) is 13.7 Å². The first-order valence-electron chi connectivity index (χ1n) is 7.63. The van der Waals surface area contributed by atoms with E-state index in [0.717, 1.165) is 33.7 Å². The molecule has 0 radical (unpaired) electrons. The molecule has 0 aromatic heterocycles. The quantitative estimate of drug-likeness (QED) is 0.732. The maximum absolute atomic E-state index is 14.4. The van der Waals surface area contributed by atoms with Crippen molar-refractivity contribution in [2.24, 2.45) is 4.99 Å². The lowest BCUT2D eigenvalue weighted by atomic mass is 10.2. The molecular formula is C18H18BrFN2OS. The molecule has 3 nitrogen and oxygen atoms in total. The summed E-state index contributed by atoms with van der Waals surface area (Å²) in [4.78, 5) is 5.10. The minimum absolute atomic E-state index is 0.226. The van der Waals surface area contributed by atoms with Gasteiger partial charge in [0.05, 0.1) is 18.6 Å². The first kappa shape index (κ1) is 17.3. The molecule has 0 amide bonds. The van der Waals surface area contributed by atoms with Gasteiger partial charge in [0.25, 0.3) is 0 Å². The van der Waals surface area contributed by atoms with Crippen LogP contribution in [-0.2, 0) is 5.75 Å². The molecule has 1 aliphatic heterocycles. The van der Waals surface area contributed by atoms with Gasteiger partial charge < -0.3 is 10.1 Å². The topological polar surface area (TPSA) is 33.6 Å². The van der Waals surface area contributed by atoms with Crippen LogP contribution < -0.4 is 10.1 Å². The summed E-state index contributed by atoms with van der Waals surface area (Å²) in [6.07, 6.45) is 0. The van der Waals surface area contributed by atoms with Crippen LogP contribution in [0.4, 0.5) is 4.39 Å². The van der Waals surface area contributed by atoms with Gasteiger partial charge >= 0.3 is 0 Å². The Morgan fingerprint density at radius 2 is 2.21 bits per heavy atom. The molecule has 2 aromatic carbocycles. The zero-order valence-corrected chi connectivity index (χ0v) is 15.9. The molecule has 0 bridgehead atoms. The first-order valence-corrected chi connectivity index (χ1v) is 9.41. The zero-order chi connectivity index (χ0) is 17.1. The average molecular weight is 409 g/mol. The van der Waals surface area contributed by atoms with Crippen LogP contribution >= 0.6 is 27.7 Å². The fourth-order valence-electron chi connectivity index (χ4n) is 2.57. The number of nitrogens with one attached hydrogen (secondary N) is 1. The van der Waals surface area contributed by atoms with Crippen LogP contribution in [0.1, 0.15) is 18.1 Å². The smallest absolute Gasteiger partial charge is 0.137 e. The Morgan fingerprint density at radius 3 is 2.92 bits per heavy atom. The summed E-state index contributed by atoms with van der Waals surface area (Å²) < 4.78 is 20.8. The number of methoxy groups -OCH3 is 1. The van der Waals surface area contributed by atoms with Gasteiger partial charge in [-0.15, -0.1) is 11.8 Å². The lowest BCUT2D eigenvalue weighted by Gasteiger charge is -2.13. The summed E-state index contributed by atoms with van der Waals surface area (Å²) in [5, 5.41) is 3.31. The van der Waals surface area contributed by atoms with Crippen molar-refractivity contribution < 1.29 is 9.13 Å². The Morgan fingerprint density at radius 1 is 1.38 bits per heavy atom. The summed E-state index contributed by atoms with van der Waals surface area (Å²) in [5.74, 6) is 1.95. The maximum Gasteiger partial charge on any atom is 0.137 e.